The van der Waals surface area contributed by atoms with Crippen LogP contribution >= 0.6 is 11.6 Å². The summed E-state index contributed by atoms with van der Waals surface area (Å²) in [4.78, 5) is 15.6. The van der Waals surface area contributed by atoms with Gasteiger partial charge < -0.3 is 20.4 Å². The molecule has 194 valence electrons. The Morgan fingerprint density at radius 2 is 1.92 bits per heavy atom. The maximum Gasteiger partial charge on any atom is 0.264 e. The van der Waals surface area contributed by atoms with Crippen molar-refractivity contribution in [3.05, 3.63) is 34.6 Å². The van der Waals surface area contributed by atoms with Crippen molar-refractivity contribution in [1.29, 1.82) is 5.26 Å². The molecule has 0 radical (unpaired) electrons. The molecule has 0 amide bonds. The Kier molecular flexibility index (Phi) is 6.22. The van der Waals surface area contributed by atoms with E-state index in [9.17, 15) is 14.0 Å². The van der Waals surface area contributed by atoms with Crippen LogP contribution in [0, 0.1) is 11.3 Å². The summed E-state index contributed by atoms with van der Waals surface area (Å²) < 4.78 is 29.1. The van der Waals surface area contributed by atoms with Gasteiger partial charge in [0.05, 0.1) is 22.6 Å². The Morgan fingerprint density at radius 3 is 2.59 bits per heavy atom. The number of benzene rings is 1. The van der Waals surface area contributed by atoms with E-state index in [1.807, 2.05) is 4.90 Å². The van der Waals surface area contributed by atoms with Crippen LogP contribution < -0.4 is 15.5 Å². The molecule has 4 heterocycles. The summed E-state index contributed by atoms with van der Waals surface area (Å²) in [7, 11) is 2.12. The van der Waals surface area contributed by atoms with E-state index in [-0.39, 0.29) is 28.9 Å². The van der Waals surface area contributed by atoms with Crippen molar-refractivity contribution < 1.29 is 8.78 Å². The highest BCUT2D eigenvalue weighted by Crippen LogP contribution is 2.40. The van der Waals surface area contributed by atoms with Crippen LogP contribution in [0.1, 0.15) is 30.5 Å². The average molecular weight is 529 g/mol. The Bertz CT molecular complexity index is 1350. The number of aromatic nitrogens is 4. The fourth-order valence-electron chi connectivity index (χ4n) is 4.80. The topological polar surface area (TPSA) is 101 Å². The largest absolute Gasteiger partial charge is 0.367 e. The maximum absolute atomic E-state index is 13.9. The number of rotatable bonds is 7. The number of halogens is 3. The maximum atomic E-state index is 13.9. The first-order valence-electron chi connectivity index (χ1n) is 12.4. The summed E-state index contributed by atoms with van der Waals surface area (Å²) >= 11 is 6.77. The van der Waals surface area contributed by atoms with Gasteiger partial charge in [0.15, 0.2) is 17.2 Å². The highest BCUT2D eigenvalue weighted by atomic mass is 35.5. The predicted octanol–water partition coefficient (Wildman–Crippen LogP) is 3.34. The van der Waals surface area contributed by atoms with E-state index >= 15 is 0 Å². The Morgan fingerprint density at radius 1 is 1.16 bits per heavy atom. The van der Waals surface area contributed by atoms with Gasteiger partial charge in [-0.3, -0.25) is 4.90 Å². The molecular weight excluding hydrogens is 502 g/mol. The smallest absolute Gasteiger partial charge is 0.264 e. The third kappa shape index (κ3) is 4.74. The number of nitrogens with zero attached hydrogens (tertiary/aromatic N) is 8. The van der Waals surface area contributed by atoms with E-state index < -0.39 is 6.43 Å². The summed E-state index contributed by atoms with van der Waals surface area (Å²) in [6.45, 7) is 5.52. The van der Waals surface area contributed by atoms with E-state index in [0.717, 1.165) is 52.1 Å². The quantitative estimate of drug-likeness (QED) is 0.478. The van der Waals surface area contributed by atoms with Crippen LogP contribution in [0.4, 0.5) is 31.9 Å². The Balaban J connectivity index is 1.29. The molecule has 3 aromatic rings. The van der Waals surface area contributed by atoms with Gasteiger partial charge in [0.25, 0.3) is 6.43 Å². The monoisotopic (exact) mass is 528 g/mol. The Labute approximate surface area is 217 Å². The van der Waals surface area contributed by atoms with Gasteiger partial charge in [0.2, 0.25) is 5.95 Å². The summed E-state index contributed by atoms with van der Waals surface area (Å²) in [5.41, 5.74) is 1.38. The number of hydrogen-bond donors (Lipinski definition) is 2. The molecule has 1 aromatic carbocycles. The van der Waals surface area contributed by atoms with Crippen molar-refractivity contribution in [2.24, 2.45) is 0 Å². The second kappa shape index (κ2) is 9.55. The predicted molar refractivity (Wildman–Crippen MR) is 137 cm³/mol. The molecule has 0 unspecified atom stereocenters. The molecule has 0 bridgehead atoms. The van der Waals surface area contributed by atoms with Crippen LogP contribution in [0.5, 0.6) is 0 Å². The summed E-state index contributed by atoms with van der Waals surface area (Å²) in [5, 5.41) is 20.5. The van der Waals surface area contributed by atoms with Gasteiger partial charge in [0, 0.05) is 56.9 Å². The number of imidazole rings is 1. The second-order valence-corrected chi connectivity index (χ2v) is 10.3. The van der Waals surface area contributed by atoms with Crippen molar-refractivity contribution in [2.75, 3.05) is 61.8 Å². The SMILES string of the molecule is CN1CCN(C2CN(c3cc(C(F)F)cc(Nc4nc(NC5CC5)c5ncc(C#N)n5n4)c3Cl)C2)CC1. The number of nitrogens with one attached hydrogen (secondary N) is 2. The third-order valence-electron chi connectivity index (χ3n) is 7.23. The summed E-state index contributed by atoms with van der Waals surface area (Å²) in [6, 6.07) is 5.52. The molecule has 13 heteroatoms. The van der Waals surface area contributed by atoms with Gasteiger partial charge in [-0.05, 0) is 32.0 Å². The number of anilines is 4. The van der Waals surface area contributed by atoms with Gasteiger partial charge in [-0.2, -0.15) is 14.8 Å². The van der Waals surface area contributed by atoms with Crippen LogP contribution in [0.2, 0.25) is 5.02 Å². The van der Waals surface area contributed by atoms with Crippen LogP contribution in [0.25, 0.3) is 5.65 Å². The molecule has 2 aromatic heterocycles. The molecule has 3 aliphatic rings. The van der Waals surface area contributed by atoms with Crippen LogP contribution in [-0.2, 0) is 0 Å². The van der Waals surface area contributed by atoms with E-state index in [1.54, 1.807) is 0 Å². The van der Waals surface area contributed by atoms with Crippen LogP contribution in [-0.4, -0.2) is 87.8 Å². The van der Waals surface area contributed by atoms with Gasteiger partial charge in [-0.15, -0.1) is 5.10 Å². The molecule has 2 aliphatic heterocycles. The van der Waals surface area contributed by atoms with E-state index in [2.05, 4.69) is 48.6 Å². The lowest BCUT2D eigenvalue weighted by molar-refractivity contribution is 0.0963. The molecule has 37 heavy (non-hydrogen) atoms. The van der Waals surface area contributed by atoms with E-state index in [4.69, 9.17) is 11.6 Å². The minimum atomic E-state index is -2.67. The van der Waals surface area contributed by atoms with E-state index in [0.29, 0.717) is 28.2 Å². The fraction of sp³-hybridized carbons (Fsp3) is 0.500. The first-order chi connectivity index (χ1) is 17.9. The van der Waals surface area contributed by atoms with Crippen molar-refractivity contribution in [2.45, 2.75) is 31.4 Å². The number of piperazine rings is 1. The average Bonchev–Trinajstić information content (AvgIpc) is 3.57. The molecule has 2 N–H and O–H groups in total. The lowest BCUT2D eigenvalue weighted by Crippen LogP contribution is -2.63. The first-order valence-corrected chi connectivity index (χ1v) is 12.8. The zero-order valence-corrected chi connectivity index (χ0v) is 21.1. The highest BCUT2D eigenvalue weighted by molar-refractivity contribution is 6.36. The summed E-state index contributed by atoms with van der Waals surface area (Å²) in [6.07, 6.45) is 0.790. The van der Waals surface area contributed by atoms with Crippen LogP contribution in [0.3, 0.4) is 0 Å². The minimum Gasteiger partial charge on any atom is -0.367 e. The molecule has 0 spiro atoms. The number of alkyl halides is 2. The third-order valence-corrected chi connectivity index (χ3v) is 7.62. The number of likely N-dealkylation sites (N-methyl/N-ethyl adjacent to an activating group) is 1. The minimum absolute atomic E-state index is 0.128. The molecular formula is C24H27ClF2N10. The summed E-state index contributed by atoms with van der Waals surface area (Å²) in [5.74, 6) is 0.601. The lowest BCUT2D eigenvalue weighted by Gasteiger charge is -2.49. The van der Waals surface area contributed by atoms with Crippen molar-refractivity contribution >= 4 is 40.4 Å². The van der Waals surface area contributed by atoms with Gasteiger partial charge >= 0.3 is 0 Å². The second-order valence-electron chi connectivity index (χ2n) is 9.92. The number of hydrogen-bond acceptors (Lipinski definition) is 9. The normalized spacial score (nSPS) is 19.3. The van der Waals surface area contributed by atoms with Crippen molar-refractivity contribution in [1.82, 2.24) is 29.4 Å². The lowest BCUT2D eigenvalue weighted by atomic mass is 10.0. The standard InChI is InChI=1S/C24H27ClF2N10/c1-34-4-6-35(7-5-34)17-12-36(13-17)19-9-14(21(26)27)8-18(20(19)25)31-24-32-22(30-15-2-3-15)23-29-11-16(10-28)37(23)33-24/h8-9,11,15,17,21H,2-7,12-13H2,1H3,(H2,30,31,32,33). The first kappa shape index (κ1) is 24.1. The van der Waals surface area contributed by atoms with Crippen molar-refractivity contribution in [3.8, 4) is 6.07 Å². The zero-order valence-electron chi connectivity index (χ0n) is 20.3. The van der Waals surface area contributed by atoms with Gasteiger partial charge in [0.1, 0.15) is 6.07 Å². The molecule has 6 rings (SSSR count). The zero-order chi connectivity index (χ0) is 25.7. The molecule has 1 saturated carbocycles. The molecule has 1 aliphatic carbocycles. The van der Waals surface area contributed by atoms with Crippen molar-refractivity contribution in [3.63, 3.8) is 0 Å². The highest BCUT2D eigenvalue weighted by Gasteiger charge is 2.35. The number of fused-ring (bicyclic) bond motifs is 1. The van der Waals surface area contributed by atoms with Gasteiger partial charge in [-0.25, -0.2) is 13.8 Å². The number of nitriles is 1. The molecule has 3 fully saturated rings. The van der Waals surface area contributed by atoms with E-state index in [1.165, 1.54) is 22.8 Å². The van der Waals surface area contributed by atoms with Gasteiger partial charge in [-0.1, -0.05) is 11.6 Å². The molecule has 2 saturated heterocycles. The van der Waals surface area contributed by atoms with Crippen LogP contribution in [0.15, 0.2) is 18.3 Å². The molecule has 0 atom stereocenters. The Hall–Kier alpha value is -3.27. The fourth-order valence-corrected chi connectivity index (χ4v) is 5.07. The molecule has 10 nitrogen and oxygen atoms in total.